The van der Waals surface area contributed by atoms with Crippen LogP contribution < -0.4 is 5.32 Å². The molecular weight excluding hydrogens is 398 g/mol. The van der Waals surface area contributed by atoms with E-state index in [0.29, 0.717) is 6.04 Å². The fourth-order valence-electron chi connectivity index (χ4n) is 5.99. The predicted octanol–water partition coefficient (Wildman–Crippen LogP) is 4.23. The Balaban J connectivity index is 1.33. The van der Waals surface area contributed by atoms with E-state index < -0.39 is 0 Å². The summed E-state index contributed by atoms with van der Waals surface area (Å²) in [6, 6.07) is 20.1. The molecule has 2 aromatic carbocycles. The van der Waals surface area contributed by atoms with E-state index in [9.17, 15) is 9.90 Å². The largest absolute Gasteiger partial charge is 0.395 e. The summed E-state index contributed by atoms with van der Waals surface area (Å²) in [6.45, 7) is 2.73. The third kappa shape index (κ3) is 4.28. The molecule has 2 heterocycles. The van der Waals surface area contributed by atoms with Gasteiger partial charge in [-0.15, -0.1) is 0 Å². The lowest BCUT2D eigenvalue weighted by Gasteiger charge is -2.57. The van der Waals surface area contributed by atoms with Crippen LogP contribution in [0.5, 0.6) is 0 Å². The quantitative estimate of drug-likeness (QED) is 0.759. The van der Waals surface area contributed by atoms with Gasteiger partial charge >= 0.3 is 6.03 Å². The topological polar surface area (TPSA) is 55.8 Å². The highest BCUT2D eigenvalue weighted by molar-refractivity contribution is 5.74. The summed E-state index contributed by atoms with van der Waals surface area (Å²) in [7, 11) is 0. The number of carbonyl (C=O) groups is 1. The Bertz CT molecular complexity index is 895. The Morgan fingerprint density at radius 2 is 1.59 bits per heavy atom. The van der Waals surface area contributed by atoms with Gasteiger partial charge < -0.3 is 15.3 Å². The second-order valence-corrected chi connectivity index (χ2v) is 9.65. The van der Waals surface area contributed by atoms with Crippen LogP contribution in [0, 0.1) is 0 Å². The molecule has 5 nitrogen and oxygen atoms in total. The molecule has 0 spiro atoms. The van der Waals surface area contributed by atoms with Crippen molar-refractivity contribution >= 4 is 6.03 Å². The van der Waals surface area contributed by atoms with Gasteiger partial charge in [-0.3, -0.25) is 4.90 Å². The van der Waals surface area contributed by atoms with Crippen LogP contribution >= 0.6 is 0 Å². The molecule has 2 aromatic rings. The molecule has 2 saturated heterocycles. The van der Waals surface area contributed by atoms with Crippen LogP contribution in [0.2, 0.25) is 0 Å². The Morgan fingerprint density at radius 1 is 0.906 bits per heavy atom. The first kappa shape index (κ1) is 21.5. The highest BCUT2D eigenvalue weighted by Crippen LogP contribution is 2.42. The Hall–Kier alpha value is -2.37. The SMILES string of the molecule is O=C(NC1CCCC1)N1CCCCN2[C@H](C1)[C@H](c1ccc(-c3ccccc3)cc1)[C@@H]2CO. The van der Waals surface area contributed by atoms with Crippen molar-refractivity contribution in [3.63, 3.8) is 0 Å². The van der Waals surface area contributed by atoms with Crippen molar-refractivity contribution < 1.29 is 9.90 Å². The van der Waals surface area contributed by atoms with E-state index in [2.05, 4.69) is 58.7 Å². The van der Waals surface area contributed by atoms with Gasteiger partial charge in [0.2, 0.25) is 0 Å². The number of hydrogen-bond acceptors (Lipinski definition) is 3. The average molecular weight is 434 g/mol. The molecule has 0 bridgehead atoms. The van der Waals surface area contributed by atoms with Crippen molar-refractivity contribution in [2.75, 3.05) is 26.2 Å². The number of nitrogens with zero attached hydrogens (tertiary/aromatic N) is 2. The van der Waals surface area contributed by atoms with Crippen LogP contribution in [0.25, 0.3) is 11.1 Å². The highest BCUT2D eigenvalue weighted by Gasteiger charge is 2.49. The molecule has 3 fully saturated rings. The number of carbonyl (C=O) groups excluding carboxylic acids is 1. The fourth-order valence-corrected chi connectivity index (χ4v) is 5.99. The number of rotatable bonds is 4. The monoisotopic (exact) mass is 433 g/mol. The molecule has 5 rings (SSSR count). The molecular formula is C27H35N3O2. The standard InChI is InChI=1S/C27H35N3O2/c31-19-25-26(22-14-12-21(13-15-22)20-8-2-1-3-9-20)24-18-29(16-6-7-17-30(24)25)27(32)28-23-10-4-5-11-23/h1-3,8-9,12-15,23-26,31H,4-7,10-11,16-19H2,(H,28,32)/t24-,25+,26+/m1/s1. The van der Waals surface area contributed by atoms with Gasteiger partial charge in [0.15, 0.2) is 0 Å². The summed E-state index contributed by atoms with van der Waals surface area (Å²) < 4.78 is 0. The summed E-state index contributed by atoms with van der Waals surface area (Å²) in [6.07, 6.45) is 6.76. The molecule has 0 unspecified atom stereocenters. The first-order chi connectivity index (χ1) is 15.7. The zero-order valence-corrected chi connectivity index (χ0v) is 18.8. The normalized spacial score (nSPS) is 26.7. The first-order valence-corrected chi connectivity index (χ1v) is 12.3. The van der Waals surface area contributed by atoms with Crippen molar-refractivity contribution in [3.8, 4) is 11.1 Å². The van der Waals surface area contributed by atoms with E-state index in [1.54, 1.807) is 0 Å². The van der Waals surface area contributed by atoms with E-state index >= 15 is 0 Å². The number of aliphatic hydroxyl groups is 1. The van der Waals surface area contributed by atoms with Crippen molar-refractivity contribution in [2.45, 2.75) is 62.6 Å². The maximum absolute atomic E-state index is 13.0. The lowest BCUT2D eigenvalue weighted by molar-refractivity contribution is -0.0591. The van der Waals surface area contributed by atoms with Crippen LogP contribution in [0.4, 0.5) is 4.79 Å². The summed E-state index contributed by atoms with van der Waals surface area (Å²) >= 11 is 0. The summed E-state index contributed by atoms with van der Waals surface area (Å²) in [5, 5.41) is 13.5. The molecule has 0 aromatic heterocycles. The molecule has 2 aliphatic heterocycles. The number of hydrogen-bond donors (Lipinski definition) is 2. The minimum atomic E-state index is 0.101. The molecule has 5 heteroatoms. The summed E-state index contributed by atoms with van der Waals surface area (Å²) in [5.74, 6) is 0.254. The molecule has 170 valence electrons. The number of urea groups is 1. The predicted molar refractivity (Wildman–Crippen MR) is 128 cm³/mol. The van der Waals surface area contributed by atoms with E-state index in [1.807, 2.05) is 11.0 Å². The minimum Gasteiger partial charge on any atom is -0.395 e. The fraction of sp³-hybridized carbons (Fsp3) is 0.519. The second kappa shape index (κ2) is 9.63. The Labute approximate surface area is 191 Å². The maximum atomic E-state index is 13.0. The van der Waals surface area contributed by atoms with Crippen LogP contribution in [-0.4, -0.2) is 65.3 Å². The van der Waals surface area contributed by atoms with Gasteiger partial charge in [-0.2, -0.15) is 0 Å². The van der Waals surface area contributed by atoms with E-state index in [4.69, 9.17) is 0 Å². The van der Waals surface area contributed by atoms with Crippen LogP contribution in [0.15, 0.2) is 54.6 Å². The van der Waals surface area contributed by atoms with Gasteiger partial charge in [-0.05, 0) is 48.9 Å². The first-order valence-electron chi connectivity index (χ1n) is 12.3. The lowest BCUT2D eigenvalue weighted by atomic mass is 9.74. The number of nitrogens with one attached hydrogen (secondary N) is 1. The molecule has 32 heavy (non-hydrogen) atoms. The molecule has 3 aliphatic rings. The number of amides is 2. The molecule has 1 saturated carbocycles. The molecule has 1 aliphatic carbocycles. The summed E-state index contributed by atoms with van der Waals surface area (Å²) in [5.41, 5.74) is 3.69. The smallest absolute Gasteiger partial charge is 0.317 e. The van der Waals surface area contributed by atoms with Gasteiger partial charge in [-0.25, -0.2) is 4.79 Å². The third-order valence-corrected chi connectivity index (χ3v) is 7.74. The van der Waals surface area contributed by atoms with Crippen LogP contribution in [0.3, 0.4) is 0 Å². The number of benzene rings is 2. The van der Waals surface area contributed by atoms with Gasteiger partial charge in [0.25, 0.3) is 0 Å². The van der Waals surface area contributed by atoms with Gasteiger partial charge in [0.05, 0.1) is 6.61 Å². The Morgan fingerprint density at radius 3 is 2.31 bits per heavy atom. The highest BCUT2D eigenvalue weighted by atomic mass is 16.3. The number of aliphatic hydroxyl groups excluding tert-OH is 1. The zero-order valence-electron chi connectivity index (χ0n) is 18.8. The average Bonchev–Trinajstić information content (AvgIpc) is 3.32. The number of fused-ring (bicyclic) bond motifs is 1. The molecule has 0 radical (unpaired) electrons. The molecule has 2 N–H and O–H groups in total. The van der Waals surface area contributed by atoms with E-state index in [-0.39, 0.29) is 30.6 Å². The summed E-state index contributed by atoms with van der Waals surface area (Å²) in [4.78, 5) is 17.5. The van der Waals surface area contributed by atoms with Crippen molar-refractivity contribution in [1.82, 2.24) is 15.1 Å². The van der Waals surface area contributed by atoms with E-state index in [1.165, 1.54) is 29.5 Å². The van der Waals surface area contributed by atoms with Crippen molar-refractivity contribution in [2.24, 2.45) is 0 Å². The zero-order chi connectivity index (χ0) is 21.9. The lowest BCUT2D eigenvalue weighted by Crippen LogP contribution is -2.68. The van der Waals surface area contributed by atoms with Gasteiger partial charge in [0, 0.05) is 37.1 Å². The Kier molecular flexibility index (Phi) is 6.47. The second-order valence-electron chi connectivity index (χ2n) is 9.65. The maximum Gasteiger partial charge on any atom is 0.317 e. The van der Waals surface area contributed by atoms with Gasteiger partial charge in [0.1, 0.15) is 0 Å². The van der Waals surface area contributed by atoms with Crippen molar-refractivity contribution in [3.05, 3.63) is 60.2 Å². The van der Waals surface area contributed by atoms with Crippen molar-refractivity contribution in [1.29, 1.82) is 0 Å². The minimum absolute atomic E-state index is 0.101. The molecule has 3 atom stereocenters. The molecule has 2 amide bonds. The van der Waals surface area contributed by atoms with Crippen LogP contribution in [0.1, 0.15) is 50.0 Å². The third-order valence-electron chi connectivity index (χ3n) is 7.74. The van der Waals surface area contributed by atoms with Gasteiger partial charge in [-0.1, -0.05) is 67.4 Å². The van der Waals surface area contributed by atoms with Crippen LogP contribution in [-0.2, 0) is 0 Å². The van der Waals surface area contributed by atoms with E-state index in [0.717, 1.165) is 45.3 Å².